The zero-order valence-corrected chi connectivity index (χ0v) is 13.9. The molecule has 2 aromatic carbocycles. The Bertz CT molecular complexity index is 715. The Morgan fingerprint density at radius 2 is 1.88 bits per heavy atom. The van der Waals surface area contributed by atoms with Gasteiger partial charge in [0.05, 0.1) is 26.9 Å². The van der Waals surface area contributed by atoms with E-state index in [1.807, 2.05) is 30.3 Å². The van der Waals surface area contributed by atoms with E-state index in [1.54, 1.807) is 12.1 Å². The molecule has 25 heavy (non-hydrogen) atoms. The summed E-state index contributed by atoms with van der Waals surface area (Å²) in [6.07, 6.45) is -0.569. The predicted octanol–water partition coefficient (Wildman–Crippen LogP) is 2.76. The van der Waals surface area contributed by atoms with Crippen molar-refractivity contribution in [2.75, 3.05) is 20.3 Å². The van der Waals surface area contributed by atoms with Gasteiger partial charge in [0.2, 0.25) is 0 Å². The highest BCUT2D eigenvalue weighted by molar-refractivity contribution is 5.92. The van der Waals surface area contributed by atoms with Crippen molar-refractivity contribution in [3.8, 4) is 11.5 Å². The van der Waals surface area contributed by atoms with E-state index >= 15 is 0 Å². The van der Waals surface area contributed by atoms with Crippen LogP contribution in [-0.4, -0.2) is 43.6 Å². The summed E-state index contributed by atoms with van der Waals surface area (Å²) < 4.78 is 22.6. The van der Waals surface area contributed by atoms with Gasteiger partial charge in [-0.05, 0) is 17.7 Å². The van der Waals surface area contributed by atoms with Crippen molar-refractivity contribution in [3.63, 3.8) is 0 Å². The van der Waals surface area contributed by atoms with Crippen LogP contribution in [0.15, 0.2) is 48.5 Å². The largest absolute Gasteiger partial charge is 0.492 e. The highest BCUT2D eigenvalue weighted by atomic mass is 16.6. The highest BCUT2D eigenvalue weighted by Crippen LogP contribution is 2.33. The number of benzene rings is 2. The van der Waals surface area contributed by atoms with Gasteiger partial charge in [0.15, 0.2) is 17.6 Å². The molecule has 2 atom stereocenters. The Morgan fingerprint density at radius 1 is 1.12 bits per heavy atom. The van der Waals surface area contributed by atoms with Crippen LogP contribution in [0, 0.1) is 0 Å². The second-order valence-electron chi connectivity index (χ2n) is 5.67. The minimum atomic E-state index is -1.07. The number of methoxy groups -OCH3 is 1. The summed E-state index contributed by atoms with van der Waals surface area (Å²) in [4.78, 5) is 11.3. The quantitative estimate of drug-likeness (QED) is 0.832. The zero-order chi connectivity index (χ0) is 17.6. The van der Waals surface area contributed by atoms with Gasteiger partial charge in [-0.15, -0.1) is 0 Å². The molecule has 132 valence electrons. The maximum Gasteiger partial charge on any atom is 0.339 e. The van der Waals surface area contributed by atoms with Crippen molar-refractivity contribution in [3.05, 3.63) is 59.7 Å². The van der Waals surface area contributed by atoms with Crippen LogP contribution in [0.5, 0.6) is 11.5 Å². The fourth-order valence-electron chi connectivity index (χ4n) is 2.71. The minimum absolute atomic E-state index is 0.0562. The second-order valence-corrected chi connectivity index (χ2v) is 5.67. The summed E-state index contributed by atoms with van der Waals surface area (Å²) in [5.74, 6) is -0.503. The molecular formula is C19H20O6. The van der Waals surface area contributed by atoms with Crippen molar-refractivity contribution in [2.45, 2.75) is 18.8 Å². The molecule has 0 radical (unpaired) electrons. The van der Waals surface area contributed by atoms with Crippen molar-refractivity contribution in [1.29, 1.82) is 0 Å². The van der Waals surface area contributed by atoms with Gasteiger partial charge in [-0.2, -0.15) is 0 Å². The Labute approximate surface area is 145 Å². The average Bonchev–Trinajstić information content (AvgIpc) is 3.07. The number of hydrogen-bond acceptors (Lipinski definition) is 5. The summed E-state index contributed by atoms with van der Waals surface area (Å²) >= 11 is 0. The van der Waals surface area contributed by atoms with Crippen LogP contribution in [0.1, 0.15) is 15.9 Å². The van der Waals surface area contributed by atoms with Gasteiger partial charge >= 0.3 is 5.97 Å². The zero-order valence-electron chi connectivity index (χ0n) is 13.9. The normalized spacial score (nSPS) is 19.6. The van der Waals surface area contributed by atoms with Crippen molar-refractivity contribution >= 4 is 5.97 Å². The Kier molecular flexibility index (Phi) is 5.53. The third-order valence-electron chi connectivity index (χ3n) is 3.98. The molecule has 0 bridgehead atoms. The molecule has 0 saturated carbocycles. The van der Waals surface area contributed by atoms with Crippen LogP contribution in [0.4, 0.5) is 0 Å². The number of carboxylic acid groups (broad SMARTS) is 1. The average molecular weight is 344 g/mol. The Balaban J connectivity index is 1.69. The van der Waals surface area contributed by atoms with Crippen LogP contribution in [0.2, 0.25) is 0 Å². The summed E-state index contributed by atoms with van der Waals surface area (Å²) in [6, 6.07) is 14.6. The molecule has 1 saturated heterocycles. The van der Waals surface area contributed by atoms with Gasteiger partial charge in [0.1, 0.15) is 11.7 Å². The molecule has 1 N–H and O–H groups in total. The summed E-state index contributed by atoms with van der Waals surface area (Å²) in [6.45, 7) is 1.26. The Morgan fingerprint density at radius 3 is 2.60 bits per heavy atom. The third kappa shape index (κ3) is 4.10. The predicted molar refractivity (Wildman–Crippen MR) is 90.2 cm³/mol. The lowest BCUT2D eigenvalue weighted by Gasteiger charge is -2.21. The van der Waals surface area contributed by atoms with Crippen LogP contribution < -0.4 is 9.47 Å². The van der Waals surface area contributed by atoms with Gasteiger partial charge in [0, 0.05) is 0 Å². The first-order valence-corrected chi connectivity index (χ1v) is 7.99. The number of ether oxygens (including phenoxy) is 4. The number of aromatic carboxylic acids is 1. The van der Waals surface area contributed by atoms with E-state index in [0.29, 0.717) is 25.6 Å². The smallest absolute Gasteiger partial charge is 0.339 e. The third-order valence-corrected chi connectivity index (χ3v) is 3.98. The fourth-order valence-corrected chi connectivity index (χ4v) is 2.71. The molecule has 0 spiro atoms. The van der Waals surface area contributed by atoms with Crippen LogP contribution in [0.25, 0.3) is 0 Å². The monoisotopic (exact) mass is 344 g/mol. The molecule has 1 heterocycles. The number of rotatable bonds is 7. The van der Waals surface area contributed by atoms with E-state index in [0.717, 1.165) is 5.56 Å². The van der Waals surface area contributed by atoms with Gasteiger partial charge in [-0.25, -0.2) is 4.79 Å². The lowest BCUT2D eigenvalue weighted by atomic mass is 10.2. The van der Waals surface area contributed by atoms with Crippen molar-refractivity contribution < 1.29 is 28.8 Å². The molecule has 0 aromatic heterocycles. The van der Waals surface area contributed by atoms with Gasteiger partial charge in [0.25, 0.3) is 0 Å². The van der Waals surface area contributed by atoms with Gasteiger partial charge < -0.3 is 24.1 Å². The molecule has 6 nitrogen and oxygen atoms in total. The molecule has 2 unspecified atom stereocenters. The highest BCUT2D eigenvalue weighted by Gasteiger charge is 2.32. The van der Waals surface area contributed by atoms with Gasteiger partial charge in [-0.1, -0.05) is 36.4 Å². The summed E-state index contributed by atoms with van der Waals surface area (Å²) in [7, 11) is 1.42. The van der Waals surface area contributed by atoms with E-state index in [-0.39, 0.29) is 23.5 Å². The van der Waals surface area contributed by atoms with Gasteiger partial charge in [-0.3, -0.25) is 0 Å². The van der Waals surface area contributed by atoms with E-state index in [1.165, 1.54) is 13.2 Å². The lowest BCUT2D eigenvalue weighted by Crippen LogP contribution is -2.32. The van der Waals surface area contributed by atoms with E-state index in [9.17, 15) is 9.90 Å². The summed E-state index contributed by atoms with van der Waals surface area (Å²) in [5, 5.41) is 9.26. The molecular weight excluding hydrogens is 324 g/mol. The first-order chi connectivity index (χ1) is 12.2. The second kappa shape index (κ2) is 8.00. The maximum absolute atomic E-state index is 11.3. The number of carboxylic acids is 1. The standard InChI is InChI=1S/C19H20O6/c1-22-18-14(19(20)21)8-5-9-15(18)25-17-12-23-11-16(17)24-10-13-6-3-2-4-7-13/h2-9,16-17H,10-12H2,1H3,(H,20,21). The molecule has 6 heteroatoms. The summed E-state index contributed by atoms with van der Waals surface area (Å²) in [5.41, 5.74) is 1.12. The minimum Gasteiger partial charge on any atom is -0.492 e. The molecule has 0 amide bonds. The fraction of sp³-hybridized carbons (Fsp3) is 0.316. The first-order valence-electron chi connectivity index (χ1n) is 7.99. The number of carbonyl (C=O) groups is 1. The Hall–Kier alpha value is -2.57. The van der Waals surface area contributed by atoms with E-state index < -0.39 is 5.97 Å². The topological polar surface area (TPSA) is 74.2 Å². The molecule has 3 rings (SSSR count). The maximum atomic E-state index is 11.3. The number of hydrogen-bond donors (Lipinski definition) is 1. The molecule has 2 aromatic rings. The first kappa shape index (κ1) is 17.3. The SMILES string of the molecule is COc1c(OC2COCC2OCc2ccccc2)cccc1C(=O)O. The molecule has 1 aliphatic heterocycles. The molecule has 1 fully saturated rings. The van der Waals surface area contributed by atoms with Crippen LogP contribution in [-0.2, 0) is 16.1 Å². The molecule has 0 aliphatic carbocycles. The van der Waals surface area contributed by atoms with Crippen LogP contribution >= 0.6 is 0 Å². The number of para-hydroxylation sites is 1. The van der Waals surface area contributed by atoms with Crippen molar-refractivity contribution in [2.24, 2.45) is 0 Å². The lowest BCUT2D eigenvalue weighted by molar-refractivity contribution is -0.0107. The van der Waals surface area contributed by atoms with Crippen molar-refractivity contribution in [1.82, 2.24) is 0 Å². The van der Waals surface area contributed by atoms with E-state index in [2.05, 4.69) is 0 Å². The van der Waals surface area contributed by atoms with Crippen LogP contribution in [0.3, 0.4) is 0 Å². The molecule has 1 aliphatic rings. The van der Waals surface area contributed by atoms with E-state index in [4.69, 9.17) is 18.9 Å².